The number of methoxy groups -OCH3 is 1. The molecule has 0 radical (unpaired) electrons. The van der Waals surface area contributed by atoms with Crippen LogP contribution < -0.4 is 0 Å². The largest absolute Gasteiger partial charge is 0.479 e. The monoisotopic (exact) mass is 600 g/mol. The Morgan fingerprint density at radius 1 is 0.881 bits per heavy atom. The van der Waals surface area contributed by atoms with Crippen molar-refractivity contribution >= 4 is 41.1 Å². The van der Waals surface area contributed by atoms with Crippen molar-refractivity contribution in [1.82, 2.24) is 0 Å². The molecule has 224 valence electrons. The van der Waals surface area contributed by atoms with Gasteiger partial charge in [0.15, 0.2) is 24.1 Å². The van der Waals surface area contributed by atoms with E-state index in [1.165, 1.54) is 13.8 Å². The Hall–Kier alpha value is -4.15. The highest BCUT2D eigenvalue weighted by molar-refractivity contribution is 6.31. The number of hydrogen-bond donors (Lipinski definition) is 0. The highest BCUT2D eigenvalue weighted by Gasteiger charge is 2.51. The first kappa shape index (κ1) is 32.4. The SMILES string of the molecule is C=C(COC)c1ccc(Cc2cc([C@@H]3O/C(=C/OC(C)=O)[C@@H](OC(C)=O)[C@H](OC(C)=O)[C@H]3OC(C)=O)ccc2Cl)cc1. The van der Waals surface area contributed by atoms with Gasteiger partial charge in [-0.3, -0.25) is 19.2 Å². The summed E-state index contributed by atoms with van der Waals surface area (Å²) in [6, 6.07) is 12.9. The second-order valence-corrected chi connectivity index (χ2v) is 10.0. The number of benzene rings is 2. The Morgan fingerprint density at radius 2 is 1.50 bits per heavy atom. The van der Waals surface area contributed by atoms with Crippen molar-refractivity contribution in [2.24, 2.45) is 0 Å². The molecule has 2 aromatic carbocycles. The van der Waals surface area contributed by atoms with Gasteiger partial charge < -0.3 is 28.4 Å². The fourth-order valence-corrected chi connectivity index (χ4v) is 4.65. The summed E-state index contributed by atoms with van der Waals surface area (Å²) in [5, 5.41) is 0.483. The van der Waals surface area contributed by atoms with Crippen LogP contribution in [0.5, 0.6) is 0 Å². The van der Waals surface area contributed by atoms with Crippen molar-refractivity contribution in [3.8, 4) is 0 Å². The Balaban J connectivity index is 2.05. The average molecular weight is 601 g/mol. The van der Waals surface area contributed by atoms with Gasteiger partial charge in [-0.05, 0) is 40.3 Å². The summed E-state index contributed by atoms with van der Waals surface area (Å²) in [6.45, 7) is 9.10. The highest BCUT2D eigenvalue weighted by atomic mass is 35.5. The smallest absolute Gasteiger partial charge is 0.307 e. The summed E-state index contributed by atoms with van der Waals surface area (Å²) in [5.74, 6) is -2.94. The van der Waals surface area contributed by atoms with E-state index in [4.69, 9.17) is 40.0 Å². The molecule has 0 amide bonds. The third kappa shape index (κ3) is 8.67. The van der Waals surface area contributed by atoms with Crippen LogP contribution in [0.1, 0.15) is 56.1 Å². The Kier molecular flexibility index (Phi) is 11.3. The molecule has 4 atom stereocenters. The van der Waals surface area contributed by atoms with E-state index in [0.29, 0.717) is 23.6 Å². The lowest BCUT2D eigenvalue weighted by atomic mass is 9.91. The maximum atomic E-state index is 12.2. The number of halogens is 1. The molecular weight excluding hydrogens is 568 g/mol. The molecule has 0 unspecified atom stereocenters. The molecule has 0 spiro atoms. The lowest BCUT2D eigenvalue weighted by molar-refractivity contribution is -0.212. The molecule has 1 heterocycles. The average Bonchev–Trinajstić information content (AvgIpc) is 2.91. The first-order chi connectivity index (χ1) is 19.9. The lowest BCUT2D eigenvalue weighted by Crippen LogP contribution is -2.53. The van der Waals surface area contributed by atoms with E-state index >= 15 is 0 Å². The molecule has 10 nitrogen and oxygen atoms in total. The molecule has 1 aliphatic heterocycles. The molecule has 2 aromatic rings. The number of carbonyl (C=O) groups is 4. The molecule has 0 bridgehead atoms. The second-order valence-electron chi connectivity index (χ2n) is 9.61. The molecule has 0 saturated carbocycles. The van der Waals surface area contributed by atoms with Crippen LogP contribution in [0.4, 0.5) is 0 Å². The van der Waals surface area contributed by atoms with E-state index in [1.807, 2.05) is 24.3 Å². The molecule has 0 aliphatic carbocycles. The maximum Gasteiger partial charge on any atom is 0.307 e. The van der Waals surface area contributed by atoms with Gasteiger partial charge in [0.25, 0.3) is 0 Å². The number of ether oxygens (including phenoxy) is 6. The third-order valence-electron chi connectivity index (χ3n) is 6.18. The van der Waals surface area contributed by atoms with E-state index in [1.54, 1.807) is 25.3 Å². The Morgan fingerprint density at radius 3 is 2.07 bits per heavy atom. The first-order valence-corrected chi connectivity index (χ1v) is 13.4. The standard InChI is InChI=1S/C31H33ClO10/c1-17(15-37-6)23-9-7-22(8-10-23)13-25-14-24(11-12-26(25)32)28-30(40-20(4)35)31(41-21(5)36)29(39-19(3)34)27(42-28)16-38-18(2)33/h7-12,14,16,28-31H,1,13,15H2,2-6H3/b27-16+/t28-,29+,30-,31-/m0/s1. The zero-order valence-corrected chi connectivity index (χ0v) is 24.8. The van der Waals surface area contributed by atoms with Gasteiger partial charge in [0.05, 0.1) is 6.61 Å². The lowest BCUT2D eigenvalue weighted by Gasteiger charge is -2.42. The van der Waals surface area contributed by atoms with E-state index in [9.17, 15) is 19.2 Å². The maximum absolute atomic E-state index is 12.2. The van der Waals surface area contributed by atoms with Gasteiger partial charge in [-0.25, -0.2) is 0 Å². The van der Waals surface area contributed by atoms with E-state index in [0.717, 1.165) is 42.4 Å². The predicted molar refractivity (Wildman–Crippen MR) is 152 cm³/mol. The minimum atomic E-state index is -1.37. The third-order valence-corrected chi connectivity index (χ3v) is 6.54. The number of esters is 4. The van der Waals surface area contributed by atoms with Crippen molar-refractivity contribution in [1.29, 1.82) is 0 Å². The second kappa shape index (κ2) is 14.7. The van der Waals surface area contributed by atoms with Crippen molar-refractivity contribution < 1.29 is 47.6 Å². The summed E-state index contributed by atoms with van der Waals surface area (Å²) in [4.78, 5) is 47.8. The molecule has 3 rings (SSSR count). The summed E-state index contributed by atoms with van der Waals surface area (Å²) >= 11 is 6.57. The van der Waals surface area contributed by atoms with E-state index in [2.05, 4.69) is 6.58 Å². The van der Waals surface area contributed by atoms with Crippen LogP contribution in [0.2, 0.25) is 5.02 Å². The fraction of sp³-hybridized carbons (Fsp3) is 0.355. The minimum absolute atomic E-state index is 0.122. The molecule has 1 aliphatic rings. The van der Waals surface area contributed by atoms with Crippen molar-refractivity contribution in [3.05, 3.63) is 88.3 Å². The zero-order valence-electron chi connectivity index (χ0n) is 24.0. The number of carbonyl (C=O) groups excluding carboxylic acids is 4. The Bertz CT molecular complexity index is 1360. The summed E-state index contributed by atoms with van der Waals surface area (Å²) in [6.07, 6.45) is -3.59. The van der Waals surface area contributed by atoms with Crippen LogP contribution in [-0.4, -0.2) is 55.9 Å². The van der Waals surface area contributed by atoms with Crippen molar-refractivity contribution in [2.45, 2.75) is 58.5 Å². The van der Waals surface area contributed by atoms with E-state index < -0.39 is 48.3 Å². The number of rotatable bonds is 10. The fourth-order valence-electron chi connectivity index (χ4n) is 4.47. The van der Waals surface area contributed by atoms with Crippen LogP contribution >= 0.6 is 11.6 Å². The van der Waals surface area contributed by atoms with Crippen molar-refractivity contribution in [3.63, 3.8) is 0 Å². The van der Waals surface area contributed by atoms with E-state index in [-0.39, 0.29) is 5.76 Å². The summed E-state index contributed by atoms with van der Waals surface area (Å²) in [5.41, 5.74) is 4.01. The van der Waals surface area contributed by atoms with Gasteiger partial charge >= 0.3 is 23.9 Å². The Labute approximate surface area is 249 Å². The quantitative estimate of drug-likeness (QED) is 0.212. The van der Waals surface area contributed by atoms with Gasteiger partial charge in [0.2, 0.25) is 6.10 Å². The van der Waals surface area contributed by atoms with Crippen LogP contribution in [-0.2, 0) is 54.0 Å². The highest BCUT2D eigenvalue weighted by Crippen LogP contribution is 2.40. The van der Waals surface area contributed by atoms with Crippen LogP contribution in [0, 0.1) is 0 Å². The van der Waals surface area contributed by atoms with Gasteiger partial charge in [-0.15, -0.1) is 0 Å². The molecule has 0 aromatic heterocycles. The van der Waals surface area contributed by atoms with Gasteiger partial charge in [-0.1, -0.05) is 54.6 Å². The minimum Gasteiger partial charge on any atom is -0.479 e. The first-order valence-electron chi connectivity index (χ1n) is 13.0. The molecule has 1 fully saturated rings. The van der Waals surface area contributed by atoms with Crippen LogP contribution in [0.25, 0.3) is 5.57 Å². The van der Waals surface area contributed by atoms with Crippen LogP contribution in [0.15, 0.2) is 61.1 Å². The topological polar surface area (TPSA) is 124 Å². The van der Waals surface area contributed by atoms with Gasteiger partial charge in [0.1, 0.15) is 6.26 Å². The van der Waals surface area contributed by atoms with Crippen molar-refractivity contribution in [2.75, 3.05) is 13.7 Å². The molecule has 0 N–H and O–H groups in total. The molecule has 1 saturated heterocycles. The summed E-state index contributed by atoms with van der Waals surface area (Å²) in [7, 11) is 1.61. The summed E-state index contributed by atoms with van der Waals surface area (Å²) < 4.78 is 32.8. The van der Waals surface area contributed by atoms with Gasteiger partial charge in [-0.2, -0.15) is 0 Å². The predicted octanol–water partition coefficient (Wildman–Crippen LogP) is 4.86. The molecule has 42 heavy (non-hydrogen) atoms. The van der Waals surface area contributed by atoms with Gasteiger partial charge in [0, 0.05) is 39.8 Å². The normalized spacial score (nSPS) is 20.7. The molecule has 11 heteroatoms. The van der Waals surface area contributed by atoms with Crippen LogP contribution in [0.3, 0.4) is 0 Å². The zero-order chi connectivity index (χ0) is 31.0. The number of hydrogen-bond acceptors (Lipinski definition) is 10. The molecular formula is C31H33ClO10.